The second-order valence-corrected chi connectivity index (χ2v) is 5.90. The van der Waals surface area contributed by atoms with Crippen LogP contribution in [0.1, 0.15) is 47.0 Å². The summed E-state index contributed by atoms with van der Waals surface area (Å²) in [5.74, 6) is 1.28. The van der Waals surface area contributed by atoms with Crippen LogP contribution in [0.25, 0.3) is 0 Å². The molecule has 1 heterocycles. The molecule has 1 saturated heterocycles. The molecule has 1 rings (SSSR count). The lowest BCUT2D eigenvalue weighted by Crippen LogP contribution is -2.34. The van der Waals surface area contributed by atoms with Gasteiger partial charge in [-0.05, 0) is 43.6 Å². The molecule has 0 unspecified atom stereocenters. The summed E-state index contributed by atoms with van der Waals surface area (Å²) in [5.41, 5.74) is 2.81. The predicted molar refractivity (Wildman–Crippen MR) is 90.6 cm³/mol. The molecule has 1 aliphatic heterocycles. The number of hydrogen-bond acceptors (Lipinski definition) is 1. The number of hydrogen-bond donors (Lipinski definition) is 0. The van der Waals surface area contributed by atoms with Crippen LogP contribution in [-0.4, -0.2) is 18.0 Å². The average Bonchev–Trinajstić information content (AvgIpc) is 2.46. The van der Waals surface area contributed by atoms with Crippen molar-refractivity contribution in [2.45, 2.75) is 47.0 Å². The van der Waals surface area contributed by atoms with Gasteiger partial charge in [0.1, 0.15) is 0 Å². The molecule has 0 aromatic heterocycles. The monoisotopic (exact) mass is 273 g/mol. The van der Waals surface area contributed by atoms with Gasteiger partial charge in [0.15, 0.2) is 0 Å². The normalized spacial score (nSPS) is 18.6. The summed E-state index contributed by atoms with van der Waals surface area (Å²) in [4.78, 5) is 2.47. The standard InChI is InChI=1S/C19H31N/c1-6-8-9-11-18(10-7-2)19-12-14-20(15-13-19)17(5)16(3)4/h6,8-11,16,19H,5,7,12-15H2,1-4H3/b8-6-,11-9-,18-10-. The van der Waals surface area contributed by atoms with Gasteiger partial charge in [0.2, 0.25) is 0 Å². The first kappa shape index (κ1) is 16.8. The Morgan fingerprint density at radius 2 is 1.90 bits per heavy atom. The Kier molecular flexibility index (Phi) is 7.43. The smallest absolute Gasteiger partial charge is 0.0180 e. The van der Waals surface area contributed by atoms with Crippen molar-refractivity contribution in [3.05, 3.63) is 48.2 Å². The molecule has 1 fully saturated rings. The van der Waals surface area contributed by atoms with Gasteiger partial charge in [-0.15, -0.1) is 0 Å². The van der Waals surface area contributed by atoms with Crippen LogP contribution < -0.4 is 0 Å². The lowest BCUT2D eigenvalue weighted by molar-refractivity contribution is 0.231. The second-order valence-electron chi connectivity index (χ2n) is 5.90. The van der Waals surface area contributed by atoms with E-state index in [-0.39, 0.29) is 0 Å². The van der Waals surface area contributed by atoms with Crippen molar-refractivity contribution in [2.24, 2.45) is 11.8 Å². The van der Waals surface area contributed by atoms with E-state index in [1.807, 2.05) is 0 Å². The third-order valence-electron chi connectivity index (χ3n) is 4.07. The second kappa shape index (κ2) is 8.84. The maximum absolute atomic E-state index is 4.23. The number of nitrogens with zero attached hydrogens (tertiary/aromatic N) is 1. The molecule has 0 bridgehead atoms. The number of rotatable bonds is 6. The Labute approximate surface area is 125 Å². The summed E-state index contributed by atoms with van der Waals surface area (Å²) in [6.07, 6.45) is 14.7. The van der Waals surface area contributed by atoms with E-state index >= 15 is 0 Å². The zero-order valence-electron chi connectivity index (χ0n) is 13.7. The highest BCUT2D eigenvalue weighted by molar-refractivity contribution is 5.25. The highest BCUT2D eigenvalue weighted by Gasteiger charge is 2.22. The van der Waals surface area contributed by atoms with Crippen molar-refractivity contribution in [1.82, 2.24) is 4.90 Å². The minimum absolute atomic E-state index is 0.562. The summed E-state index contributed by atoms with van der Waals surface area (Å²) in [6.45, 7) is 15.3. The summed E-state index contributed by atoms with van der Waals surface area (Å²) in [6, 6.07) is 0. The van der Waals surface area contributed by atoms with Gasteiger partial charge in [-0.3, -0.25) is 0 Å². The molecular formula is C19H31N. The van der Waals surface area contributed by atoms with E-state index < -0.39 is 0 Å². The molecule has 0 aromatic rings. The summed E-state index contributed by atoms with van der Waals surface area (Å²) >= 11 is 0. The largest absolute Gasteiger partial charge is 0.375 e. The van der Waals surface area contributed by atoms with Gasteiger partial charge < -0.3 is 4.90 Å². The van der Waals surface area contributed by atoms with Gasteiger partial charge in [-0.1, -0.05) is 57.7 Å². The van der Waals surface area contributed by atoms with Gasteiger partial charge in [0, 0.05) is 18.8 Å². The van der Waals surface area contributed by atoms with Crippen LogP contribution in [0.3, 0.4) is 0 Å². The minimum Gasteiger partial charge on any atom is -0.375 e. The van der Waals surface area contributed by atoms with Gasteiger partial charge in [-0.2, -0.15) is 0 Å². The molecule has 0 spiro atoms. The van der Waals surface area contributed by atoms with Crippen LogP contribution in [0.2, 0.25) is 0 Å². The molecule has 0 saturated carbocycles. The topological polar surface area (TPSA) is 3.24 Å². The van der Waals surface area contributed by atoms with Crippen molar-refractivity contribution < 1.29 is 0 Å². The third kappa shape index (κ3) is 5.03. The Morgan fingerprint density at radius 3 is 2.40 bits per heavy atom. The number of piperidine rings is 1. The van der Waals surface area contributed by atoms with Gasteiger partial charge >= 0.3 is 0 Å². The molecule has 1 aliphatic rings. The Hall–Kier alpha value is -1.24. The highest BCUT2D eigenvalue weighted by atomic mass is 15.1. The summed E-state index contributed by atoms with van der Waals surface area (Å²) < 4.78 is 0. The van der Waals surface area contributed by atoms with Crippen LogP contribution in [0.15, 0.2) is 48.2 Å². The summed E-state index contributed by atoms with van der Waals surface area (Å²) in [5, 5.41) is 0. The SMILES string of the molecule is C=C(C(C)C)N1CCC(C(/C=C\C=C/C)=C\CC)CC1. The lowest BCUT2D eigenvalue weighted by Gasteiger charge is -2.36. The fourth-order valence-corrected chi connectivity index (χ4v) is 2.75. The van der Waals surface area contributed by atoms with E-state index in [1.165, 1.54) is 24.1 Å². The fourth-order valence-electron chi connectivity index (χ4n) is 2.75. The van der Waals surface area contributed by atoms with Crippen LogP contribution >= 0.6 is 0 Å². The van der Waals surface area contributed by atoms with E-state index in [0.717, 1.165) is 19.5 Å². The Morgan fingerprint density at radius 1 is 1.25 bits per heavy atom. The molecule has 112 valence electrons. The zero-order valence-corrected chi connectivity index (χ0v) is 13.7. The molecule has 0 atom stereocenters. The van der Waals surface area contributed by atoms with Crippen LogP contribution in [0.4, 0.5) is 0 Å². The Balaban J connectivity index is 2.61. The van der Waals surface area contributed by atoms with Crippen LogP contribution in [0.5, 0.6) is 0 Å². The van der Waals surface area contributed by atoms with Crippen molar-refractivity contribution in [1.29, 1.82) is 0 Å². The number of allylic oxidation sites excluding steroid dienone is 7. The average molecular weight is 273 g/mol. The third-order valence-corrected chi connectivity index (χ3v) is 4.07. The Bertz CT molecular complexity index is 377. The fraction of sp³-hybridized carbons (Fsp3) is 0.579. The van der Waals surface area contributed by atoms with Crippen molar-refractivity contribution in [2.75, 3.05) is 13.1 Å². The maximum Gasteiger partial charge on any atom is 0.0180 e. The minimum atomic E-state index is 0.562. The molecule has 0 radical (unpaired) electrons. The van der Waals surface area contributed by atoms with E-state index in [4.69, 9.17) is 0 Å². The van der Waals surface area contributed by atoms with Gasteiger partial charge in [-0.25, -0.2) is 0 Å². The quantitative estimate of drug-likeness (QED) is 0.591. The molecule has 0 N–H and O–H groups in total. The van der Waals surface area contributed by atoms with E-state index in [9.17, 15) is 0 Å². The molecular weight excluding hydrogens is 242 g/mol. The molecule has 0 amide bonds. The van der Waals surface area contributed by atoms with Crippen LogP contribution in [0, 0.1) is 11.8 Å². The van der Waals surface area contributed by atoms with Crippen molar-refractivity contribution in [3.8, 4) is 0 Å². The summed E-state index contributed by atoms with van der Waals surface area (Å²) in [7, 11) is 0. The molecule has 1 nitrogen and oxygen atoms in total. The first-order chi connectivity index (χ1) is 9.60. The predicted octanol–water partition coefficient (Wildman–Crippen LogP) is 5.34. The van der Waals surface area contributed by atoms with Gasteiger partial charge in [0.05, 0.1) is 0 Å². The lowest BCUT2D eigenvalue weighted by atomic mass is 9.87. The van der Waals surface area contributed by atoms with E-state index in [2.05, 4.69) is 69.6 Å². The highest BCUT2D eigenvalue weighted by Crippen LogP contribution is 2.28. The zero-order chi connectivity index (χ0) is 15.0. The first-order valence-corrected chi connectivity index (χ1v) is 8.03. The van der Waals surface area contributed by atoms with E-state index in [0.29, 0.717) is 11.8 Å². The molecule has 20 heavy (non-hydrogen) atoms. The van der Waals surface area contributed by atoms with Crippen molar-refractivity contribution in [3.63, 3.8) is 0 Å². The molecule has 0 aliphatic carbocycles. The first-order valence-electron chi connectivity index (χ1n) is 8.03. The van der Waals surface area contributed by atoms with E-state index in [1.54, 1.807) is 0 Å². The maximum atomic E-state index is 4.23. The van der Waals surface area contributed by atoms with Gasteiger partial charge in [0.25, 0.3) is 0 Å². The molecule has 1 heteroatoms. The number of likely N-dealkylation sites (tertiary alicyclic amines) is 1. The van der Waals surface area contributed by atoms with Crippen LogP contribution in [-0.2, 0) is 0 Å². The molecule has 0 aromatic carbocycles. The van der Waals surface area contributed by atoms with Crippen molar-refractivity contribution >= 4 is 0 Å².